The first kappa shape index (κ1) is 21.8. The van der Waals surface area contributed by atoms with Crippen molar-refractivity contribution in [1.29, 1.82) is 0 Å². The van der Waals surface area contributed by atoms with Gasteiger partial charge in [-0.05, 0) is 48.9 Å². The van der Waals surface area contributed by atoms with E-state index in [4.69, 9.17) is 13.9 Å². The molecule has 3 aromatic heterocycles. The van der Waals surface area contributed by atoms with Crippen molar-refractivity contribution in [3.63, 3.8) is 0 Å². The highest BCUT2D eigenvalue weighted by atomic mass is 19.1. The summed E-state index contributed by atoms with van der Waals surface area (Å²) in [6, 6.07) is 11.1. The van der Waals surface area contributed by atoms with E-state index in [1.54, 1.807) is 42.9 Å². The summed E-state index contributed by atoms with van der Waals surface area (Å²) in [4.78, 5) is 21.4. The third kappa shape index (κ3) is 4.42. The monoisotopic (exact) mass is 462 g/mol. The second kappa shape index (κ2) is 9.48. The van der Waals surface area contributed by atoms with E-state index in [-0.39, 0.29) is 11.6 Å². The van der Waals surface area contributed by atoms with Gasteiger partial charge in [-0.1, -0.05) is 0 Å². The average Bonchev–Trinajstić information content (AvgIpc) is 3.61. The number of pyridine rings is 1. The number of halogens is 1. The number of hydrogen-bond acceptors (Lipinski definition) is 6. The first-order valence-corrected chi connectivity index (χ1v) is 10.9. The van der Waals surface area contributed by atoms with Crippen molar-refractivity contribution in [3.8, 4) is 28.5 Å². The Morgan fingerprint density at radius 2 is 2.09 bits per heavy atom. The van der Waals surface area contributed by atoms with Crippen LogP contribution in [0.1, 0.15) is 17.0 Å². The fourth-order valence-corrected chi connectivity index (χ4v) is 4.02. The summed E-state index contributed by atoms with van der Waals surface area (Å²) >= 11 is 0. The molecule has 0 spiro atoms. The van der Waals surface area contributed by atoms with E-state index in [0.717, 1.165) is 24.3 Å². The molecule has 34 heavy (non-hydrogen) atoms. The molecule has 1 aromatic carbocycles. The molecule has 0 radical (unpaired) electrons. The average molecular weight is 462 g/mol. The lowest BCUT2D eigenvalue weighted by atomic mass is 10.1. The van der Waals surface area contributed by atoms with Crippen LogP contribution in [0.4, 0.5) is 10.1 Å². The van der Waals surface area contributed by atoms with Crippen molar-refractivity contribution in [1.82, 2.24) is 14.5 Å². The van der Waals surface area contributed by atoms with Gasteiger partial charge in [0.1, 0.15) is 11.5 Å². The molecule has 1 atom stereocenters. The zero-order chi connectivity index (χ0) is 23.5. The normalized spacial score (nSPS) is 15.4. The first-order valence-electron chi connectivity index (χ1n) is 10.9. The number of nitrogens with one attached hydrogen (secondary N) is 1. The Morgan fingerprint density at radius 1 is 1.24 bits per heavy atom. The Bertz CT molecular complexity index is 1290. The van der Waals surface area contributed by atoms with Gasteiger partial charge in [-0.3, -0.25) is 9.78 Å². The van der Waals surface area contributed by atoms with Crippen molar-refractivity contribution < 1.29 is 23.1 Å². The minimum absolute atomic E-state index is 0.135. The molecule has 0 bridgehead atoms. The van der Waals surface area contributed by atoms with E-state index in [2.05, 4.69) is 15.3 Å². The van der Waals surface area contributed by atoms with Crippen molar-refractivity contribution in [3.05, 3.63) is 72.8 Å². The number of furan rings is 1. The van der Waals surface area contributed by atoms with E-state index in [0.29, 0.717) is 42.0 Å². The summed E-state index contributed by atoms with van der Waals surface area (Å²) < 4.78 is 32.3. The van der Waals surface area contributed by atoms with Crippen molar-refractivity contribution in [2.45, 2.75) is 13.0 Å². The first-order chi connectivity index (χ1) is 16.6. The summed E-state index contributed by atoms with van der Waals surface area (Å²) in [6.45, 7) is 2.12. The van der Waals surface area contributed by atoms with Crippen LogP contribution in [-0.4, -0.2) is 40.8 Å². The molecule has 1 aliphatic heterocycles. The van der Waals surface area contributed by atoms with Gasteiger partial charge in [0.05, 0.1) is 37.6 Å². The van der Waals surface area contributed by atoms with Gasteiger partial charge in [0.2, 0.25) is 0 Å². The number of anilines is 1. The second-order valence-corrected chi connectivity index (χ2v) is 8.02. The molecule has 1 saturated heterocycles. The number of carbonyl (C=O) groups is 1. The number of hydrogen-bond donors (Lipinski definition) is 1. The zero-order valence-corrected chi connectivity index (χ0v) is 18.5. The van der Waals surface area contributed by atoms with Crippen LogP contribution >= 0.6 is 0 Å². The molecule has 1 N–H and O–H groups in total. The van der Waals surface area contributed by atoms with Crippen molar-refractivity contribution in [2.75, 3.05) is 25.6 Å². The number of amides is 1. The quantitative estimate of drug-likeness (QED) is 0.430. The number of rotatable bonds is 7. The molecule has 1 amide bonds. The van der Waals surface area contributed by atoms with E-state index >= 15 is 0 Å². The van der Waals surface area contributed by atoms with E-state index in [9.17, 15) is 9.18 Å². The van der Waals surface area contributed by atoms with Gasteiger partial charge < -0.3 is 23.8 Å². The minimum atomic E-state index is -0.422. The summed E-state index contributed by atoms with van der Waals surface area (Å²) in [6.07, 6.45) is 5.79. The van der Waals surface area contributed by atoms with Crippen molar-refractivity contribution >= 4 is 11.6 Å². The largest absolute Gasteiger partial charge is 0.493 e. The van der Waals surface area contributed by atoms with Gasteiger partial charge in [0.15, 0.2) is 17.3 Å². The minimum Gasteiger partial charge on any atom is -0.493 e. The molecular formula is C25H23FN4O4. The Labute approximate surface area is 195 Å². The highest BCUT2D eigenvalue weighted by molar-refractivity contribution is 6.03. The topological polar surface area (TPSA) is 91.4 Å². The van der Waals surface area contributed by atoms with Gasteiger partial charge >= 0.3 is 0 Å². The standard InChI is InChI=1S/C25H23FN4O4/c1-32-22-12-27-10-8-19(22)29-25(31)21-7-6-20(34-21)24-23(17-2-4-18(26)5-3-17)28-15-30(24)13-16-9-11-33-14-16/h2-8,10,12,15-16H,9,11,13-14H2,1H3,(H,27,29,31). The molecule has 1 unspecified atom stereocenters. The lowest BCUT2D eigenvalue weighted by Crippen LogP contribution is -2.12. The summed E-state index contributed by atoms with van der Waals surface area (Å²) in [5.41, 5.74) is 2.61. The van der Waals surface area contributed by atoms with Crippen LogP contribution in [0.15, 0.2) is 65.6 Å². The summed E-state index contributed by atoms with van der Waals surface area (Å²) in [5.74, 6) is 0.674. The smallest absolute Gasteiger partial charge is 0.291 e. The van der Waals surface area contributed by atoms with Crippen LogP contribution in [0.2, 0.25) is 0 Å². The van der Waals surface area contributed by atoms with Crippen LogP contribution in [0.5, 0.6) is 5.75 Å². The van der Waals surface area contributed by atoms with Crippen LogP contribution in [0.25, 0.3) is 22.7 Å². The highest BCUT2D eigenvalue weighted by Crippen LogP contribution is 2.34. The third-order valence-corrected chi connectivity index (χ3v) is 5.75. The van der Waals surface area contributed by atoms with Crippen molar-refractivity contribution in [2.24, 2.45) is 5.92 Å². The number of imidazole rings is 1. The number of methoxy groups -OCH3 is 1. The van der Waals surface area contributed by atoms with Gasteiger partial charge in [-0.25, -0.2) is 9.37 Å². The second-order valence-electron chi connectivity index (χ2n) is 8.02. The fraction of sp³-hybridized carbons (Fsp3) is 0.240. The number of aromatic nitrogens is 3. The van der Waals surface area contributed by atoms with Gasteiger partial charge in [-0.15, -0.1) is 0 Å². The molecule has 8 nitrogen and oxygen atoms in total. The third-order valence-electron chi connectivity index (χ3n) is 5.75. The van der Waals surface area contributed by atoms with E-state index in [1.807, 2.05) is 4.57 Å². The molecule has 0 aliphatic carbocycles. The maximum atomic E-state index is 13.5. The Morgan fingerprint density at radius 3 is 2.85 bits per heavy atom. The predicted molar refractivity (Wildman–Crippen MR) is 123 cm³/mol. The molecule has 1 fully saturated rings. The molecule has 174 valence electrons. The van der Waals surface area contributed by atoms with Gasteiger partial charge in [0.25, 0.3) is 5.91 Å². The lowest BCUT2D eigenvalue weighted by Gasteiger charge is -2.12. The zero-order valence-electron chi connectivity index (χ0n) is 18.5. The Kier molecular flexibility index (Phi) is 6.09. The number of nitrogens with zero attached hydrogens (tertiary/aromatic N) is 3. The van der Waals surface area contributed by atoms with Gasteiger partial charge in [-0.2, -0.15) is 0 Å². The molecule has 4 aromatic rings. The molecule has 0 saturated carbocycles. The molecule has 4 heterocycles. The van der Waals surface area contributed by atoms with Gasteiger partial charge in [0, 0.05) is 30.8 Å². The van der Waals surface area contributed by atoms with Crippen LogP contribution in [-0.2, 0) is 11.3 Å². The molecular weight excluding hydrogens is 439 g/mol. The number of ether oxygens (including phenoxy) is 2. The summed E-state index contributed by atoms with van der Waals surface area (Å²) in [5, 5.41) is 2.78. The molecule has 1 aliphatic rings. The van der Waals surface area contributed by atoms with Crippen LogP contribution < -0.4 is 10.1 Å². The van der Waals surface area contributed by atoms with E-state index < -0.39 is 5.91 Å². The maximum Gasteiger partial charge on any atom is 0.291 e. The molecule has 9 heteroatoms. The fourth-order valence-electron chi connectivity index (χ4n) is 4.02. The maximum absolute atomic E-state index is 13.5. The van der Waals surface area contributed by atoms with Crippen LogP contribution in [0, 0.1) is 11.7 Å². The summed E-state index contributed by atoms with van der Waals surface area (Å²) in [7, 11) is 1.51. The number of benzene rings is 1. The number of carbonyl (C=O) groups excluding carboxylic acids is 1. The Hall–Kier alpha value is -3.98. The lowest BCUT2D eigenvalue weighted by molar-refractivity contribution is 0.0997. The Balaban J connectivity index is 1.48. The predicted octanol–water partition coefficient (Wildman–Crippen LogP) is 4.64. The SMILES string of the molecule is COc1cnccc1NC(=O)c1ccc(-c2c(-c3ccc(F)cc3)ncn2CC2CCOC2)o1. The van der Waals surface area contributed by atoms with Crippen LogP contribution in [0.3, 0.4) is 0 Å². The molecule has 5 rings (SSSR count). The highest BCUT2D eigenvalue weighted by Gasteiger charge is 2.24. The van der Waals surface area contributed by atoms with E-state index in [1.165, 1.54) is 25.4 Å².